The maximum absolute atomic E-state index is 2.99. The largest absolute Gasteiger partial charge is 0.408 e. The minimum absolute atomic E-state index is 0.769. The van der Waals surface area contributed by atoms with Gasteiger partial charge in [0.15, 0.2) is 0 Å². The minimum Gasteiger partial charge on any atom is -0.408 e. The zero-order chi connectivity index (χ0) is 4.73. The van der Waals surface area contributed by atoms with Crippen molar-refractivity contribution in [3.05, 3.63) is 0 Å². The normalized spacial score (nSPS) is 46.5. The predicted octanol–water partition coefficient (Wildman–Crippen LogP) is 0.959. The summed E-state index contributed by atoms with van der Waals surface area (Å²) in [5.41, 5.74) is 0. The Balaban J connectivity index is 2.31. The second kappa shape index (κ2) is 0.969. The topological polar surface area (TPSA) is 2.70 Å². The highest BCUT2D eigenvalue weighted by Gasteiger charge is 2.46. The Bertz CT molecular complexity index is 40.7. The van der Waals surface area contributed by atoms with Gasteiger partial charge in [-0.1, -0.05) is 0 Å². The van der Waals surface area contributed by atoms with E-state index >= 15 is 0 Å². The van der Waals surface area contributed by atoms with E-state index in [1.54, 1.807) is 0 Å². The van der Waals surface area contributed by atoms with Gasteiger partial charge in [0.05, 0.1) is 0 Å². The van der Waals surface area contributed by atoms with E-state index in [0.717, 1.165) is 12.2 Å². The van der Waals surface area contributed by atoms with E-state index in [0.29, 0.717) is 0 Å². The predicted molar refractivity (Wildman–Crippen MR) is 25.9 cm³/mol. The molecule has 0 aromatic carbocycles. The van der Waals surface area contributed by atoms with E-state index in [9.17, 15) is 0 Å². The molecular weight excluding hydrogens is 76.1 g/mol. The summed E-state index contributed by atoms with van der Waals surface area (Å²) in [6.45, 7) is 4.41. The van der Waals surface area contributed by atoms with Gasteiger partial charge in [0.1, 0.15) is 7.11 Å². The summed E-state index contributed by atoms with van der Waals surface area (Å²) in [6, 6.07) is 0. The SMILES string of the molecule is C[C@@H]1[C@H](C)[O+]1C. The minimum atomic E-state index is 0.769. The van der Waals surface area contributed by atoms with Crippen LogP contribution >= 0.6 is 0 Å². The lowest BCUT2D eigenvalue weighted by Gasteiger charge is -1.76. The monoisotopic (exact) mass is 87.1 g/mol. The molecule has 0 aliphatic carbocycles. The molecule has 1 heteroatoms. The highest BCUT2D eigenvalue weighted by atomic mass is 16.8. The van der Waals surface area contributed by atoms with Crippen LogP contribution in [0.5, 0.6) is 0 Å². The molecule has 1 aliphatic heterocycles. The third-order valence-electron chi connectivity index (χ3n) is 1.76. The number of epoxide rings is 1. The molecule has 2 atom stereocenters. The van der Waals surface area contributed by atoms with Crippen molar-refractivity contribution in [3.63, 3.8) is 0 Å². The fourth-order valence-electron chi connectivity index (χ4n) is 0.621. The molecule has 1 rings (SSSR count). The third-order valence-corrected chi connectivity index (χ3v) is 1.76. The fraction of sp³-hybridized carbons (Fsp3) is 1.00. The molecule has 1 fully saturated rings. The number of hydrogen-bond donors (Lipinski definition) is 0. The first-order valence-electron chi connectivity index (χ1n) is 2.37. The number of rotatable bonds is 0. The molecule has 36 valence electrons. The first kappa shape index (κ1) is 4.13. The maximum Gasteiger partial charge on any atom is 0.225 e. The Morgan fingerprint density at radius 2 is 1.33 bits per heavy atom. The van der Waals surface area contributed by atoms with Gasteiger partial charge in [-0.2, -0.15) is 0 Å². The third kappa shape index (κ3) is 0.350. The molecule has 0 spiro atoms. The maximum atomic E-state index is 2.99. The zero-order valence-corrected chi connectivity index (χ0v) is 4.56. The van der Waals surface area contributed by atoms with E-state index in [4.69, 9.17) is 0 Å². The molecule has 6 heavy (non-hydrogen) atoms. The summed E-state index contributed by atoms with van der Waals surface area (Å²) in [5.74, 6) is 0. The van der Waals surface area contributed by atoms with Crippen LogP contribution in [0.3, 0.4) is 0 Å². The first-order valence-corrected chi connectivity index (χ1v) is 2.37. The van der Waals surface area contributed by atoms with E-state index in [2.05, 4.69) is 25.3 Å². The van der Waals surface area contributed by atoms with Gasteiger partial charge in [0.25, 0.3) is 0 Å². The molecule has 1 aliphatic rings. The smallest absolute Gasteiger partial charge is 0.225 e. The molecule has 1 nitrogen and oxygen atoms in total. The van der Waals surface area contributed by atoms with Crippen LogP contribution in [-0.2, 0) is 4.37 Å². The van der Waals surface area contributed by atoms with Crippen LogP contribution in [0.25, 0.3) is 0 Å². The van der Waals surface area contributed by atoms with Crippen LogP contribution in [-0.4, -0.2) is 19.3 Å². The van der Waals surface area contributed by atoms with Crippen molar-refractivity contribution in [2.45, 2.75) is 26.1 Å². The Labute approximate surface area is 38.6 Å². The average Bonchev–Trinajstić information content (AvgIpc) is 1.94. The van der Waals surface area contributed by atoms with Crippen LogP contribution < -0.4 is 0 Å². The molecule has 0 aromatic heterocycles. The molecule has 1 heterocycles. The van der Waals surface area contributed by atoms with Crippen LogP contribution in [0.2, 0.25) is 0 Å². The second-order valence-corrected chi connectivity index (χ2v) is 2.02. The van der Waals surface area contributed by atoms with Crippen molar-refractivity contribution in [2.24, 2.45) is 0 Å². The quantitative estimate of drug-likeness (QED) is 0.306. The van der Waals surface area contributed by atoms with Gasteiger partial charge in [0, 0.05) is 13.8 Å². The Morgan fingerprint density at radius 3 is 1.33 bits per heavy atom. The molecule has 0 unspecified atom stereocenters. The summed E-state index contributed by atoms with van der Waals surface area (Å²) < 4.78 is 2.99. The van der Waals surface area contributed by atoms with Gasteiger partial charge in [-0.3, -0.25) is 0 Å². The molecule has 0 bridgehead atoms. The van der Waals surface area contributed by atoms with Gasteiger partial charge >= 0.3 is 0 Å². The highest BCUT2D eigenvalue weighted by molar-refractivity contribution is 4.79. The summed E-state index contributed by atoms with van der Waals surface area (Å²) >= 11 is 0. The van der Waals surface area contributed by atoms with E-state index in [-0.39, 0.29) is 0 Å². The molecule has 1 saturated heterocycles. The van der Waals surface area contributed by atoms with Crippen LogP contribution in [0.15, 0.2) is 0 Å². The van der Waals surface area contributed by atoms with Crippen molar-refractivity contribution < 1.29 is 4.37 Å². The van der Waals surface area contributed by atoms with Crippen molar-refractivity contribution in [1.82, 2.24) is 0 Å². The van der Waals surface area contributed by atoms with Crippen molar-refractivity contribution >= 4 is 0 Å². The Kier molecular flexibility index (Phi) is 0.667. The molecule has 0 saturated carbocycles. The summed E-state index contributed by atoms with van der Waals surface area (Å²) in [6.07, 6.45) is 1.54. The summed E-state index contributed by atoms with van der Waals surface area (Å²) in [5, 5.41) is 0. The lowest BCUT2D eigenvalue weighted by Crippen LogP contribution is -1.74. The van der Waals surface area contributed by atoms with Crippen LogP contribution in [0.1, 0.15) is 13.8 Å². The summed E-state index contributed by atoms with van der Waals surface area (Å²) in [7, 11) is 2.06. The van der Waals surface area contributed by atoms with E-state index < -0.39 is 0 Å². The summed E-state index contributed by atoms with van der Waals surface area (Å²) in [4.78, 5) is 0. The van der Waals surface area contributed by atoms with Gasteiger partial charge in [-0.15, -0.1) is 0 Å². The van der Waals surface area contributed by atoms with Gasteiger partial charge in [-0.25, -0.2) is 0 Å². The van der Waals surface area contributed by atoms with Gasteiger partial charge in [0.2, 0.25) is 12.2 Å². The lowest BCUT2D eigenvalue weighted by molar-refractivity contribution is 0.0902. The molecule has 0 amide bonds. The van der Waals surface area contributed by atoms with Gasteiger partial charge < -0.3 is 4.37 Å². The highest BCUT2D eigenvalue weighted by Crippen LogP contribution is 2.29. The van der Waals surface area contributed by atoms with E-state index in [1.165, 1.54) is 0 Å². The molecule has 0 N–H and O–H groups in total. The number of hydrogen-bond acceptors (Lipinski definition) is 0. The Morgan fingerprint density at radius 1 is 1.17 bits per heavy atom. The Hall–Kier alpha value is -0.0400. The van der Waals surface area contributed by atoms with Crippen molar-refractivity contribution in [2.75, 3.05) is 7.11 Å². The fourth-order valence-corrected chi connectivity index (χ4v) is 0.621. The molecule has 0 radical (unpaired) electrons. The van der Waals surface area contributed by atoms with Crippen LogP contribution in [0.4, 0.5) is 0 Å². The average molecular weight is 87.1 g/mol. The zero-order valence-electron chi connectivity index (χ0n) is 4.56. The lowest BCUT2D eigenvalue weighted by atomic mass is 10.4. The van der Waals surface area contributed by atoms with Crippen molar-refractivity contribution in [3.8, 4) is 0 Å². The standard InChI is InChI=1S/C5H11O/c1-4-5(2)6(4)3/h4-5H,1-3H3/q+1/t4-,5+. The molecule has 0 aromatic rings. The first-order chi connectivity index (χ1) is 2.73. The second-order valence-electron chi connectivity index (χ2n) is 2.02. The van der Waals surface area contributed by atoms with Crippen molar-refractivity contribution in [1.29, 1.82) is 0 Å². The van der Waals surface area contributed by atoms with Gasteiger partial charge in [-0.05, 0) is 0 Å². The van der Waals surface area contributed by atoms with E-state index in [1.807, 2.05) is 0 Å². The molecular formula is C5H11O+. The van der Waals surface area contributed by atoms with Crippen LogP contribution in [0, 0.1) is 0 Å².